The van der Waals surface area contributed by atoms with Gasteiger partial charge in [0.2, 0.25) is 0 Å². The zero-order valence-electron chi connectivity index (χ0n) is 15.3. The van der Waals surface area contributed by atoms with E-state index in [0.717, 1.165) is 48.4 Å². The lowest BCUT2D eigenvalue weighted by atomic mass is 9.97. The molecular formula is C24H22O2. The van der Waals surface area contributed by atoms with Crippen LogP contribution in [0.3, 0.4) is 0 Å². The SMILES string of the molecule is CCCc1cc2c(ccc3c2ccc2c4cc(CCC)oc4ccc23)o1. The summed E-state index contributed by atoms with van der Waals surface area (Å²) in [6, 6.07) is 17.5. The largest absolute Gasteiger partial charge is 0.461 e. The predicted molar refractivity (Wildman–Crippen MR) is 109 cm³/mol. The molecule has 2 aromatic heterocycles. The van der Waals surface area contributed by atoms with Gasteiger partial charge in [-0.15, -0.1) is 0 Å². The molecular weight excluding hydrogens is 320 g/mol. The minimum Gasteiger partial charge on any atom is -0.461 e. The van der Waals surface area contributed by atoms with Crippen LogP contribution in [0, 0.1) is 0 Å². The van der Waals surface area contributed by atoms with Crippen LogP contribution in [0.1, 0.15) is 38.2 Å². The van der Waals surface area contributed by atoms with E-state index >= 15 is 0 Å². The van der Waals surface area contributed by atoms with Crippen LogP contribution in [0.5, 0.6) is 0 Å². The molecule has 130 valence electrons. The number of benzene rings is 3. The van der Waals surface area contributed by atoms with Gasteiger partial charge in [0.15, 0.2) is 0 Å². The topological polar surface area (TPSA) is 26.3 Å². The van der Waals surface area contributed by atoms with Crippen molar-refractivity contribution in [2.75, 3.05) is 0 Å². The van der Waals surface area contributed by atoms with Gasteiger partial charge in [-0.05, 0) is 58.7 Å². The molecule has 0 bridgehead atoms. The predicted octanol–water partition coefficient (Wildman–Crippen LogP) is 7.39. The highest BCUT2D eigenvalue weighted by Gasteiger charge is 2.12. The van der Waals surface area contributed by atoms with Gasteiger partial charge in [0.1, 0.15) is 22.7 Å². The summed E-state index contributed by atoms with van der Waals surface area (Å²) in [5.41, 5.74) is 1.96. The van der Waals surface area contributed by atoms with E-state index in [2.05, 4.69) is 62.4 Å². The van der Waals surface area contributed by atoms with Crippen molar-refractivity contribution in [1.82, 2.24) is 0 Å². The van der Waals surface area contributed by atoms with Gasteiger partial charge in [-0.1, -0.05) is 38.1 Å². The van der Waals surface area contributed by atoms with Gasteiger partial charge >= 0.3 is 0 Å². The number of furan rings is 2. The molecule has 26 heavy (non-hydrogen) atoms. The molecule has 0 amide bonds. The zero-order valence-corrected chi connectivity index (χ0v) is 15.3. The van der Waals surface area contributed by atoms with Crippen LogP contribution in [-0.4, -0.2) is 0 Å². The van der Waals surface area contributed by atoms with Crippen LogP contribution in [0.2, 0.25) is 0 Å². The quantitative estimate of drug-likeness (QED) is 0.318. The van der Waals surface area contributed by atoms with E-state index in [0.29, 0.717) is 0 Å². The highest BCUT2D eigenvalue weighted by atomic mass is 16.3. The van der Waals surface area contributed by atoms with Crippen molar-refractivity contribution in [2.24, 2.45) is 0 Å². The second kappa shape index (κ2) is 5.91. The Bertz CT molecular complexity index is 1150. The van der Waals surface area contributed by atoms with Gasteiger partial charge in [-0.25, -0.2) is 0 Å². The number of hydrogen-bond donors (Lipinski definition) is 0. The lowest BCUT2D eigenvalue weighted by molar-refractivity contribution is 0.544. The molecule has 3 aromatic carbocycles. The van der Waals surface area contributed by atoms with E-state index < -0.39 is 0 Å². The third-order valence-corrected chi connectivity index (χ3v) is 5.29. The summed E-state index contributed by atoms with van der Waals surface area (Å²) < 4.78 is 12.0. The Morgan fingerprint density at radius 1 is 0.538 bits per heavy atom. The van der Waals surface area contributed by atoms with Crippen LogP contribution in [0.15, 0.2) is 57.4 Å². The van der Waals surface area contributed by atoms with Crippen molar-refractivity contribution in [1.29, 1.82) is 0 Å². The minimum atomic E-state index is 0.981. The molecule has 0 aliphatic rings. The number of aryl methyl sites for hydroxylation is 2. The summed E-state index contributed by atoms with van der Waals surface area (Å²) >= 11 is 0. The van der Waals surface area contributed by atoms with Gasteiger partial charge in [0, 0.05) is 23.6 Å². The number of fused-ring (bicyclic) bond motifs is 7. The first kappa shape index (κ1) is 15.5. The Kier molecular flexibility index (Phi) is 3.53. The van der Waals surface area contributed by atoms with Gasteiger partial charge in [0.25, 0.3) is 0 Å². The highest BCUT2D eigenvalue weighted by Crippen LogP contribution is 2.36. The molecule has 0 saturated carbocycles. The molecule has 0 fully saturated rings. The maximum Gasteiger partial charge on any atom is 0.134 e. The summed E-state index contributed by atoms with van der Waals surface area (Å²) in [5, 5.41) is 7.51. The Labute approximate surface area is 152 Å². The van der Waals surface area contributed by atoms with Crippen molar-refractivity contribution in [2.45, 2.75) is 39.5 Å². The molecule has 0 radical (unpaired) electrons. The molecule has 0 saturated heterocycles. The van der Waals surface area contributed by atoms with Crippen molar-refractivity contribution in [3.05, 3.63) is 60.1 Å². The van der Waals surface area contributed by atoms with Gasteiger partial charge < -0.3 is 8.83 Å². The van der Waals surface area contributed by atoms with Crippen LogP contribution < -0.4 is 0 Å². The molecule has 0 N–H and O–H groups in total. The third-order valence-electron chi connectivity index (χ3n) is 5.29. The van der Waals surface area contributed by atoms with Gasteiger partial charge in [0.05, 0.1) is 0 Å². The number of rotatable bonds is 4. The highest BCUT2D eigenvalue weighted by molar-refractivity contribution is 6.21. The molecule has 5 aromatic rings. The van der Waals surface area contributed by atoms with E-state index in [1.54, 1.807) is 0 Å². The molecule has 2 heterocycles. The standard InChI is InChI=1S/C24H22O2/c1-3-5-15-13-21-19-7-8-20-18(17(19)9-11-23(21)25-15)10-12-24-22(20)14-16(26-24)6-4-2/h7-14H,3-6H2,1-2H3. The van der Waals surface area contributed by atoms with Gasteiger partial charge in [-0.3, -0.25) is 0 Å². The van der Waals surface area contributed by atoms with Crippen LogP contribution in [-0.2, 0) is 12.8 Å². The third kappa shape index (κ3) is 2.25. The normalized spacial score (nSPS) is 12.1. The molecule has 0 atom stereocenters. The summed E-state index contributed by atoms with van der Waals surface area (Å²) in [7, 11) is 0. The summed E-state index contributed by atoms with van der Waals surface area (Å²) in [5.74, 6) is 2.15. The van der Waals surface area contributed by atoms with Crippen molar-refractivity contribution < 1.29 is 8.83 Å². The lowest BCUT2D eigenvalue weighted by Crippen LogP contribution is -1.79. The van der Waals surface area contributed by atoms with E-state index in [9.17, 15) is 0 Å². The van der Waals surface area contributed by atoms with Crippen molar-refractivity contribution >= 4 is 43.5 Å². The average molecular weight is 342 g/mol. The maximum absolute atomic E-state index is 6.01. The first-order valence-corrected chi connectivity index (χ1v) is 9.57. The van der Waals surface area contributed by atoms with E-state index in [-0.39, 0.29) is 0 Å². The first-order valence-electron chi connectivity index (χ1n) is 9.57. The number of hydrogen-bond acceptors (Lipinski definition) is 2. The van der Waals surface area contributed by atoms with Gasteiger partial charge in [-0.2, -0.15) is 0 Å². The van der Waals surface area contributed by atoms with Crippen LogP contribution >= 0.6 is 0 Å². The molecule has 5 rings (SSSR count). The van der Waals surface area contributed by atoms with Crippen LogP contribution in [0.25, 0.3) is 43.5 Å². The first-order chi connectivity index (χ1) is 12.8. The molecule has 0 spiro atoms. The summed E-state index contributed by atoms with van der Waals surface area (Å²) in [4.78, 5) is 0. The van der Waals surface area contributed by atoms with Crippen molar-refractivity contribution in [3.8, 4) is 0 Å². The molecule has 2 nitrogen and oxygen atoms in total. The van der Waals surface area contributed by atoms with E-state index in [1.807, 2.05) is 0 Å². The Hall–Kier alpha value is -2.74. The monoisotopic (exact) mass is 342 g/mol. The second-order valence-electron chi connectivity index (χ2n) is 7.14. The zero-order chi connectivity index (χ0) is 17.7. The fourth-order valence-corrected chi connectivity index (χ4v) is 4.11. The molecule has 0 aliphatic heterocycles. The fourth-order valence-electron chi connectivity index (χ4n) is 4.11. The summed E-state index contributed by atoms with van der Waals surface area (Å²) in [6.45, 7) is 4.36. The summed E-state index contributed by atoms with van der Waals surface area (Å²) in [6.07, 6.45) is 4.16. The Balaban J connectivity index is 1.81. The lowest BCUT2D eigenvalue weighted by Gasteiger charge is -2.05. The van der Waals surface area contributed by atoms with E-state index in [1.165, 1.54) is 32.3 Å². The maximum atomic E-state index is 6.01. The molecule has 0 unspecified atom stereocenters. The Morgan fingerprint density at radius 3 is 1.35 bits per heavy atom. The Morgan fingerprint density at radius 2 is 0.923 bits per heavy atom. The van der Waals surface area contributed by atoms with Crippen LogP contribution in [0.4, 0.5) is 0 Å². The van der Waals surface area contributed by atoms with Crippen molar-refractivity contribution in [3.63, 3.8) is 0 Å². The average Bonchev–Trinajstić information content (AvgIpc) is 3.24. The fraction of sp³-hybridized carbons (Fsp3) is 0.250. The molecule has 2 heteroatoms. The smallest absolute Gasteiger partial charge is 0.134 e. The minimum absolute atomic E-state index is 0.981. The van der Waals surface area contributed by atoms with E-state index in [4.69, 9.17) is 8.83 Å². The second-order valence-corrected chi connectivity index (χ2v) is 7.14. The molecule has 0 aliphatic carbocycles.